The molecule has 1 aromatic rings. The van der Waals surface area contributed by atoms with E-state index in [0.29, 0.717) is 6.10 Å². The molecule has 1 aliphatic rings. The third-order valence-corrected chi connectivity index (χ3v) is 2.67. The number of halogens is 1. The summed E-state index contributed by atoms with van der Waals surface area (Å²) in [7, 11) is 0. The van der Waals surface area contributed by atoms with Crippen LogP contribution in [0.2, 0.25) is 0 Å². The van der Waals surface area contributed by atoms with E-state index in [-0.39, 0.29) is 12.4 Å². The van der Waals surface area contributed by atoms with Crippen LogP contribution in [-0.2, 0) is 0 Å². The van der Waals surface area contributed by atoms with E-state index >= 15 is 0 Å². The summed E-state index contributed by atoms with van der Waals surface area (Å²) in [5.41, 5.74) is 1.23. The third kappa shape index (κ3) is 3.40. The SMILES string of the molecule is Cc1ccccc1OC1CCNCC1.Cl. The average molecular weight is 228 g/mol. The molecule has 0 amide bonds. The predicted octanol–water partition coefficient (Wildman–Crippen LogP) is 2.55. The predicted molar refractivity (Wildman–Crippen MR) is 64.9 cm³/mol. The molecule has 2 nitrogen and oxygen atoms in total. The van der Waals surface area contributed by atoms with E-state index in [4.69, 9.17) is 4.74 Å². The standard InChI is InChI=1S/C12H17NO.ClH/c1-10-4-2-3-5-12(10)14-11-6-8-13-9-7-11;/h2-5,11,13H,6-9H2,1H3;1H. The van der Waals surface area contributed by atoms with Gasteiger partial charge in [0.15, 0.2) is 0 Å². The van der Waals surface area contributed by atoms with Gasteiger partial charge < -0.3 is 10.1 Å². The lowest BCUT2D eigenvalue weighted by atomic mass is 10.1. The second kappa shape index (κ2) is 5.99. The smallest absolute Gasteiger partial charge is 0.122 e. The normalized spacial score (nSPS) is 16.9. The van der Waals surface area contributed by atoms with Crippen molar-refractivity contribution < 1.29 is 4.74 Å². The number of ether oxygens (including phenoxy) is 1. The number of nitrogens with one attached hydrogen (secondary N) is 1. The Labute approximate surface area is 97.4 Å². The molecular formula is C12H18ClNO. The molecule has 1 fully saturated rings. The van der Waals surface area contributed by atoms with Crippen LogP contribution in [0.25, 0.3) is 0 Å². The Bertz CT molecular complexity index is 297. The molecule has 0 unspecified atom stereocenters. The summed E-state index contributed by atoms with van der Waals surface area (Å²) in [4.78, 5) is 0. The van der Waals surface area contributed by atoms with E-state index in [2.05, 4.69) is 24.4 Å². The summed E-state index contributed by atoms with van der Waals surface area (Å²) in [6, 6.07) is 8.22. The molecule has 0 bridgehead atoms. The van der Waals surface area contributed by atoms with Crippen LogP contribution in [-0.4, -0.2) is 19.2 Å². The largest absolute Gasteiger partial charge is 0.490 e. The highest BCUT2D eigenvalue weighted by molar-refractivity contribution is 5.85. The van der Waals surface area contributed by atoms with Crippen LogP contribution >= 0.6 is 12.4 Å². The van der Waals surface area contributed by atoms with Gasteiger partial charge in [-0.15, -0.1) is 12.4 Å². The Morgan fingerprint density at radius 3 is 2.53 bits per heavy atom. The topological polar surface area (TPSA) is 21.3 Å². The fourth-order valence-corrected chi connectivity index (χ4v) is 1.78. The van der Waals surface area contributed by atoms with Gasteiger partial charge in [-0.2, -0.15) is 0 Å². The van der Waals surface area contributed by atoms with Gasteiger partial charge in [0.2, 0.25) is 0 Å². The first-order chi connectivity index (χ1) is 6.86. The van der Waals surface area contributed by atoms with Gasteiger partial charge in [-0.3, -0.25) is 0 Å². The Morgan fingerprint density at radius 1 is 1.20 bits per heavy atom. The maximum Gasteiger partial charge on any atom is 0.122 e. The van der Waals surface area contributed by atoms with Crippen molar-refractivity contribution in [3.63, 3.8) is 0 Å². The highest BCUT2D eigenvalue weighted by Gasteiger charge is 2.14. The van der Waals surface area contributed by atoms with Crippen LogP contribution in [0.3, 0.4) is 0 Å². The van der Waals surface area contributed by atoms with Crippen molar-refractivity contribution in [2.75, 3.05) is 13.1 Å². The average Bonchev–Trinajstić information content (AvgIpc) is 2.23. The number of hydrogen-bond donors (Lipinski definition) is 1. The van der Waals surface area contributed by atoms with Gasteiger partial charge in [-0.1, -0.05) is 18.2 Å². The van der Waals surface area contributed by atoms with Crippen molar-refractivity contribution in [1.29, 1.82) is 0 Å². The Morgan fingerprint density at radius 2 is 1.87 bits per heavy atom. The lowest BCUT2D eigenvalue weighted by Gasteiger charge is -2.24. The Balaban J connectivity index is 0.00000112. The first-order valence-corrected chi connectivity index (χ1v) is 5.29. The fraction of sp³-hybridized carbons (Fsp3) is 0.500. The number of aryl methyl sites for hydroxylation is 1. The van der Waals surface area contributed by atoms with Crippen molar-refractivity contribution >= 4 is 12.4 Å². The Hall–Kier alpha value is -0.730. The van der Waals surface area contributed by atoms with Gasteiger partial charge >= 0.3 is 0 Å². The van der Waals surface area contributed by atoms with Crippen molar-refractivity contribution in [3.8, 4) is 5.75 Å². The molecule has 1 saturated heterocycles. The van der Waals surface area contributed by atoms with E-state index in [9.17, 15) is 0 Å². The molecule has 0 saturated carbocycles. The van der Waals surface area contributed by atoms with E-state index in [1.807, 2.05) is 12.1 Å². The second-order valence-electron chi connectivity index (χ2n) is 3.83. The molecular weight excluding hydrogens is 210 g/mol. The third-order valence-electron chi connectivity index (χ3n) is 2.67. The molecule has 0 radical (unpaired) electrons. The van der Waals surface area contributed by atoms with Crippen LogP contribution in [0.1, 0.15) is 18.4 Å². The minimum atomic E-state index is 0. The van der Waals surface area contributed by atoms with Gasteiger partial charge in [0.05, 0.1) is 0 Å². The van der Waals surface area contributed by atoms with E-state index in [1.165, 1.54) is 5.56 Å². The molecule has 0 aromatic heterocycles. The van der Waals surface area contributed by atoms with E-state index < -0.39 is 0 Å². The van der Waals surface area contributed by atoms with Crippen molar-refractivity contribution in [3.05, 3.63) is 29.8 Å². The molecule has 15 heavy (non-hydrogen) atoms. The van der Waals surface area contributed by atoms with Gasteiger partial charge in [0.25, 0.3) is 0 Å². The first kappa shape index (κ1) is 12.3. The van der Waals surface area contributed by atoms with E-state index in [0.717, 1.165) is 31.7 Å². The maximum absolute atomic E-state index is 5.95. The molecule has 0 atom stereocenters. The number of hydrogen-bond acceptors (Lipinski definition) is 2. The molecule has 1 aromatic carbocycles. The zero-order valence-electron chi connectivity index (χ0n) is 9.03. The highest BCUT2D eigenvalue weighted by Crippen LogP contribution is 2.20. The van der Waals surface area contributed by atoms with Crippen LogP contribution < -0.4 is 10.1 Å². The molecule has 2 rings (SSSR count). The van der Waals surface area contributed by atoms with Crippen molar-refractivity contribution in [2.24, 2.45) is 0 Å². The fourth-order valence-electron chi connectivity index (χ4n) is 1.78. The summed E-state index contributed by atoms with van der Waals surface area (Å²) >= 11 is 0. The second-order valence-corrected chi connectivity index (χ2v) is 3.83. The summed E-state index contributed by atoms with van der Waals surface area (Å²) < 4.78 is 5.95. The zero-order chi connectivity index (χ0) is 9.80. The highest BCUT2D eigenvalue weighted by atomic mass is 35.5. The summed E-state index contributed by atoms with van der Waals surface area (Å²) in [5, 5.41) is 3.34. The minimum Gasteiger partial charge on any atom is -0.490 e. The summed E-state index contributed by atoms with van der Waals surface area (Å²) in [6.45, 7) is 4.25. The number of benzene rings is 1. The van der Waals surface area contributed by atoms with Crippen molar-refractivity contribution in [2.45, 2.75) is 25.9 Å². The van der Waals surface area contributed by atoms with E-state index in [1.54, 1.807) is 0 Å². The Kier molecular flexibility index (Phi) is 4.92. The summed E-state index contributed by atoms with van der Waals surface area (Å²) in [5.74, 6) is 1.04. The lowest BCUT2D eigenvalue weighted by molar-refractivity contribution is 0.161. The van der Waals surface area contributed by atoms with Crippen molar-refractivity contribution in [1.82, 2.24) is 5.32 Å². The minimum absolute atomic E-state index is 0. The van der Waals surface area contributed by atoms with Crippen LogP contribution in [0.5, 0.6) is 5.75 Å². The molecule has 1 heterocycles. The number of para-hydroxylation sites is 1. The number of rotatable bonds is 2. The monoisotopic (exact) mass is 227 g/mol. The van der Waals surface area contributed by atoms with Gasteiger partial charge in [0.1, 0.15) is 11.9 Å². The molecule has 0 spiro atoms. The number of piperidine rings is 1. The molecule has 1 N–H and O–H groups in total. The zero-order valence-corrected chi connectivity index (χ0v) is 9.85. The van der Waals surface area contributed by atoms with Gasteiger partial charge in [0, 0.05) is 0 Å². The molecule has 3 heteroatoms. The maximum atomic E-state index is 5.95. The molecule has 84 valence electrons. The van der Waals surface area contributed by atoms with Crippen LogP contribution in [0.15, 0.2) is 24.3 Å². The van der Waals surface area contributed by atoms with Gasteiger partial charge in [-0.25, -0.2) is 0 Å². The quantitative estimate of drug-likeness (QED) is 0.839. The van der Waals surface area contributed by atoms with Crippen LogP contribution in [0.4, 0.5) is 0 Å². The first-order valence-electron chi connectivity index (χ1n) is 5.29. The summed E-state index contributed by atoms with van der Waals surface area (Å²) in [6.07, 6.45) is 2.64. The lowest BCUT2D eigenvalue weighted by Crippen LogP contribution is -2.34. The van der Waals surface area contributed by atoms with Crippen LogP contribution in [0, 0.1) is 6.92 Å². The molecule has 1 aliphatic heterocycles. The molecule has 0 aliphatic carbocycles. The van der Waals surface area contributed by atoms with Gasteiger partial charge in [-0.05, 0) is 44.5 Å².